The van der Waals surface area contributed by atoms with Gasteiger partial charge < -0.3 is 10.1 Å². The van der Waals surface area contributed by atoms with Crippen LogP contribution in [0.3, 0.4) is 0 Å². The van der Waals surface area contributed by atoms with Gasteiger partial charge in [0.15, 0.2) is 0 Å². The van der Waals surface area contributed by atoms with E-state index in [0.717, 1.165) is 25.3 Å². The number of ether oxygens (including phenoxy) is 1. The fourth-order valence-electron chi connectivity index (χ4n) is 2.69. The summed E-state index contributed by atoms with van der Waals surface area (Å²) >= 11 is 0. The first-order valence-electron chi connectivity index (χ1n) is 8.66. The van der Waals surface area contributed by atoms with Crippen molar-refractivity contribution in [2.45, 2.75) is 46.6 Å². The second kappa shape index (κ2) is 10.3. The van der Waals surface area contributed by atoms with Crippen molar-refractivity contribution in [1.82, 2.24) is 10.2 Å². The Morgan fingerprint density at radius 3 is 2.52 bits per heavy atom. The number of carbonyl (C=O) groups excluding carboxylic acids is 1. The largest absolute Gasteiger partial charge is 0.497 e. The lowest BCUT2D eigenvalue weighted by atomic mass is 10.0. The standard InChI is InChI=1S/C19H32N2O2/c1-6-21(7-2)18(14-20-19(22)12-11-15(3)4)16-9-8-10-17(13-16)23-5/h8-10,13,15,18H,6-7,11-12,14H2,1-5H3,(H,20,22). The third-order valence-electron chi connectivity index (χ3n) is 4.17. The summed E-state index contributed by atoms with van der Waals surface area (Å²) in [7, 11) is 1.68. The Balaban J connectivity index is 2.78. The number of nitrogens with one attached hydrogen (secondary N) is 1. The summed E-state index contributed by atoms with van der Waals surface area (Å²) in [4.78, 5) is 14.4. The van der Waals surface area contributed by atoms with Gasteiger partial charge in [-0.05, 0) is 43.1 Å². The van der Waals surface area contributed by atoms with E-state index in [0.29, 0.717) is 18.9 Å². The zero-order valence-electron chi connectivity index (χ0n) is 15.3. The summed E-state index contributed by atoms with van der Waals surface area (Å²) in [6, 6.07) is 8.28. The molecule has 1 atom stereocenters. The van der Waals surface area contributed by atoms with Crippen molar-refractivity contribution in [3.05, 3.63) is 29.8 Å². The molecule has 4 heteroatoms. The number of hydrogen-bond acceptors (Lipinski definition) is 3. The maximum atomic E-state index is 12.1. The second-order valence-corrected chi connectivity index (χ2v) is 6.25. The third-order valence-corrected chi connectivity index (χ3v) is 4.17. The number of benzene rings is 1. The molecule has 1 aromatic rings. The first-order chi connectivity index (χ1) is 11.0. The SMILES string of the molecule is CCN(CC)C(CNC(=O)CCC(C)C)c1cccc(OC)c1. The van der Waals surface area contributed by atoms with Crippen LogP contribution in [0.1, 0.15) is 52.1 Å². The van der Waals surface area contributed by atoms with Crippen LogP contribution in [0.2, 0.25) is 0 Å². The van der Waals surface area contributed by atoms with Gasteiger partial charge in [0.05, 0.1) is 13.2 Å². The van der Waals surface area contributed by atoms with E-state index in [1.54, 1.807) is 7.11 Å². The highest BCUT2D eigenvalue weighted by Gasteiger charge is 2.19. The van der Waals surface area contributed by atoms with Gasteiger partial charge in [-0.1, -0.05) is 39.8 Å². The topological polar surface area (TPSA) is 41.6 Å². The molecular formula is C19H32N2O2. The van der Waals surface area contributed by atoms with Gasteiger partial charge in [0, 0.05) is 13.0 Å². The van der Waals surface area contributed by atoms with Crippen LogP contribution in [0.5, 0.6) is 5.75 Å². The van der Waals surface area contributed by atoms with Crippen molar-refractivity contribution in [3.8, 4) is 5.75 Å². The van der Waals surface area contributed by atoms with Crippen molar-refractivity contribution in [2.24, 2.45) is 5.92 Å². The van der Waals surface area contributed by atoms with Crippen molar-refractivity contribution in [3.63, 3.8) is 0 Å². The Hall–Kier alpha value is -1.55. The molecule has 0 radical (unpaired) electrons. The lowest BCUT2D eigenvalue weighted by Gasteiger charge is -2.30. The van der Waals surface area contributed by atoms with E-state index in [1.807, 2.05) is 12.1 Å². The van der Waals surface area contributed by atoms with Crippen LogP contribution in [-0.2, 0) is 4.79 Å². The van der Waals surface area contributed by atoms with Gasteiger partial charge in [-0.2, -0.15) is 0 Å². The Kier molecular flexibility index (Phi) is 8.70. The van der Waals surface area contributed by atoms with E-state index in [2.05, 4.69) is 50.0 Å². The van der Waals surface area contributed by atoms with Gasteiger partial charge >= 0.3 is 0 Å². The number of rotatable bonds is 10. The molecule has 0 aromatic heterocycles. The van der Waals surface area contributed by atoms with Crippen LogP contribution in [0.4, 0.5) is 0 Å². The summed E-state index contributed by atoms with van der Waals surface area (Å²) in [6.07, 6.45) is 1.53. The molecule has 130 valence electrons. The van der Waals surface area contributed by atoms with E-state index in [-0.39, 0.29) is 11.9 Å². The molecule has 0 saturated carbocycles. The number of likely N-dealkylation sites (N-methyl/N-ethyl adjacent to an activating group) is 1. The maximum absolute atomic E-state index is 12.1. The first-order valence-corrected chi connectivity index (χ1v) is 8.66. The smallest absolute Gasteiger partial charge is 0.220 e. The summed E-state index contributed by atoms with van der Waals surface area (Å²) in [5.41, 5.74) is 1.18. The van der Waals surface area contributed by atoms with Crippen LogP contribution in [-0.4, -0.2) is 37.6 Å². The highest BCUT2D eigenvalue weighted by molar-refractivity contribution is 5.75. The first kappa shape index (κ1) is 19.5. The van der Waals surface area contributed by atoms with Gasteiger partial charge in [0.1, 0.15) is 5.75 Å². The Bertz CT molecular complexity index is 470. The molecule has 4 nitrogen and oxygen atoms in total. The number of methoxy groups -OCH3 is 1. The summed E-state index contributed by atoms with van der Waals surface area (Å²) < 4.78 is 5.34. The van der Waals surface area contributed by atoms with Crippen LogP contribution in [0, 0.1) is 5.92 Å². The van der Waals surface area contributed by atoms with Crippen LogP contribution in [0.25, 0.3) is 0 Å². The lowest BCUT2D eigenvalue weighted by Crippen LogP contribution is -2.38. The number of carbonyl (C=O) groups is 1. The predicted molar refractivity (Wildman–Crippen MR) is 95.7 cm³/mol. The molecule has 0 fully saturated rings. The fraction of sp³-hybridized carbons (Fsp3) is 0.632. The third kappa shape index (κ3) is 6.61. The van der Waals surface area contributed by atoms with Crippen LogP contribution >= 0.6 is 0 Å². The van der Waals surface area contributed by atoms with Gasteiger partial charge in [-0.15, -0.1) is 0 Å². The Labute approximate surface area is 141 Å². The Morgan fingerprint density at radius 1 is 1.26 bits per heavy atom. The minimum atomic E-state index is 0.138. The quantitative estimate of drug-likeness (QED) is 0.716. The molecule has 1 N–H and O–H groups in total. The number of hydrogen-bond donors (Lipinski definition) is 1. The lowest BCUT2D eigenvalue weighted by molar-refractivity contribution is -0.121. The van der Waals surface area contributed by atoms with Gasteiger partial charge in [-0.3, -0.25) is 9.69 Å². The molecule has 1 aromatic carbocycles. The average molecular weight is 320 g/mol. The van der Waals surface area contributed by atoms with Crippen molar-refractivity contribution in [2.75, 3.05) is 26.7 Å². The van der Waals surface area contributed by atoms with Crippen molar-refractivity contribution >= 4 is 5.91 Å². The molecule has 1 rings (SSSR count). The zero-order valence-corrected chi connectivity index (χ0v) is 15.3. The second-order valence-electron chi connectivity index (χ2n) is 6.25. The van der Waals surface area contributed by atoms with E-state index in [4.69, 9.17) is 4.74 Å². The number of nitrogens with zero attached hydrogens (tertiary/aromatic N) is 1. The summed E-state index contributed by atoms with van der Waals surface area (Å²) in [5, 5.41) is 3.10. The molecule has 23 heavy (non-hydrogen) atoms. The molecule has 0 saturated heterocycles. The van der Waals surface area contributed by atoms with Crippen molar-refractivity contribution < 1.29 is 9.53 Å². The summed E-state index contributed by atoms with van der Waals surface area (Å²) in [6.45, 7) is 11.1. The normalized spacial score (nSPS) is 12.5. The highest BCUT2D eigenvalue weighted by Crippen LogP contribution is 2.23. The highest BCUT2D eigenvalue weighted by atomic mass is 16.5. The molecule has 0 aliphatic rings. The average Bonchev–Trinajstić information content (AvgIpc) is 2.56. The molecule has 0 aliphatic heterocycles. The fourth-order valence-corrected chi connectivity index (χ4v) is 2.69. The van der Waals surface area contributed by atoms with Crippen LogP contribution in [0.15, 0.2) is 24.3 Å². The molecule has 0 heterocycles. The van der Waals surface area contributed by atoms with E-state index in [1.165, 1.54) is 5.56 Å². The minimum absolute atomic E-state index is 0.138. The molecule has 1 amide bonds. The van der Waals surface area contributed by atoms with E-state index in [9.17, 15) is 4.79 Å². The maximum Gasteiger partial charge on any atom is 0.220 e. The zero-order chi connectivity index (χ0) is 17.2. The molecule has 0 spiro atoms. The number of amides is 1. The molecular weight excluding hydrogens is 288 g/mol. The van der Waals surface area contributed by atoms with E-state index >= 15 is 0 Å². The van der Waals surface area contributed by atoms with Gasteiger partial charge in [0.2, 0.25) is 5.91 Å². The minimum Gasteiger partial charge on any atom is -0.497 e. The molecule has 1 unspecified atom stereocenters. The molecule has 0 aliphatic carbocycles. The monoisotopic (exact) mass is 320 g/mol. The predicted octanol–water partition coefficient (Wildman–Crippen LogP) is 3.63. The van der Waals surface area contributed by atoms with Gasteiger partial charge in [0.25, 0.3) is 0 Å². The Morgan fingerprint density at radius 2 is 1.96 bits per heavy atom. The van der Waals surface area contributed by atoms with E-state index < -0.39 is 0 Å². The molecule has 0 bridgehead atoms. The van der Waals surface area contributed by atoms with Gasteiger partial charge in [-0.25, -0.2) is 0 Å². The van der Waals surface area contributed by atoms with Crippen molar-refractivity contribution in [1.29, 1.82) is 0 Å². The summed E-state index contributed by atoms with van der Waals surface area (Å²) in [5.74, 6) is 1.54. The van der Waals surface area contributed by atoms with Crippen LogP contribution < -0.4 is 10.1 Å².